The third-order valence-corrected chi connectivity index (χ3v) is 2.35. The smallest absolute Gasteiger partial charge is 0.0700 e. The summed E-state index contributed by atoms with van der Waals surface area (Å²) in [6.07, 6.45) is 2.05. The molecular weight excluding hydrogens is 178 g/mol. The molecule has 0 amide bonds. The predicted octanol–water partition coefficient (Wildman–Crippen LogP) is 1.80. The van der Waals surface area contributed by atoms with Gasteiger partial charge in [0.05, 0.1) is 13.2 Å². The summed E-state index contributed by atoms with van der Waals surface area (Å²) in [6.45, 7) is 8.65. The van der Waals surface area contributed by atoms with Crippen LogP contribution in [0.25, 0.3) is 0 Å². The molecule has 0 rings (SSSR count). The Morgan fingerprint density at radius 3 is 2.29 bits per heavy atom. The van der Waals surface area contributed by atoms with E-state index in [4.69, 9.17) is 15.2 Å². The molecule has 0 aliphatic rings. The zero-order valence-corrected chi connectivity index (χ0v) is 10.0. The van der Waals surface area contributed by atoms with Gasteiger partial charge < -0.3 is 15.2 Å². The molecule has 0 aromatic rings. The van der Waals surface area contributed by atoms with Crippen LogP contribution in [0.5, 0.6) is 0 Å². The van der Waals surface area contributed by atoms with Gasteiger partial charge in [-0.1, -0.05) is 20.8 Å². The van der Waals surface area contributed by atoms with Crippen molar-refractivity contribution in [3.63, 3.8) is 0 Å². The van der Waals surface area contributed by atoms with E-state index in [9.17, 15) is 0 Å². The normalized spacial score (nSPS) is 14.4. The van der Waals surface area contributed by atoms with Gasteiger partial charge in [0.25, 0.3) is 0 Å². The summed E-state index contributed by atoms with van der Waals surface area (Å²) >= 11 is 0. The lowest BCUT2D eigenvalue weighted by molar-refractivity contribution is 0.0668. The van der Waals surface area contributed by atoms with E-state index < -0.39 is 0 Å². The fourth-order valence-corrected chi connectivity index (χ4v) is 1.08. The highest BCUT2D eigenvalue weighted by molar-refractivity contribution is 4.76. The maximum atomic E-state index is 6.01. The molecule has 1 unspecified atom stereocenters. The van der Waals surface area contributed by atoms with E-state index in [2.05, 4.69) is 20.8 Å². The van der Waals surface area contributed by atoms with Crippen molar-refractivity contribution >= 4 is 0 Å². The Morgan fingerprint density at radius 2 is 1.79 bits per heavy atom. The van der Waals surface area contributed by atoms with Crippen molar-refractivity contribution in [1.29, 1.82) is 0 Å². The zero-order valence-electron chi connectivity index (χ0n) is 10.0. The summed E-state index contributed by atoms with van der Waals surface area (Å²) in [4.78, 5) is 0. The van der Waals surface area contributed by atoms with Crippen LogP contribution in [0, 0.1) is 5.41 Å². The van der Waals surface area contributed by atoms with E-state index >= 15 is 0 Å². The largest absolute Gasteiger partial charge is 0.382 e. The summed E-state index contributed by atoms with van der Waals surface area (Å²) in [5.74, 6) is 0. The lowest BCUT2D eigenvalue weighted by atomic mass is 9.85. The highest BCUT2D eigenvalue weighted by atomic mass is 16.5. The van der Waals surface area contributed by atoms with Gasteiger partial charge in [0.15, 0.2) is 0 Å². The Labute approximate surface area is 88.0 Å². The van der Waals surface area contributed by atoms with Gasteiger partial charge in [0.2, 0.25) is 0 Å². The van der Waals surface area contributed by atoms with E-state index in [0.717, 1.165) is 19.4 Å². The third-order valence-electron chi connectivity index (χ3n) is 2.35. The van der Waals surface area contributed by atoms with Gasteiger partial charge in [0.1, 0.15) is 0 Å². The van der Waals surface area contributed by atoms with Crippen LogP contribution in [0.3, 0.4) is 0 Å². The fraction of sp³-hybridized carbons (Fsp3) is 1.00. The lowest BCUT2D eigenvalue weighted by Crippen LogP contribution is -2.35. The van der Waals surface area contributed by atoms with Gasteiger partial charge >= 0.3 is 0 Å². The van der Waals surface area contributed by atoms with E-state index in [1.165, 1.54) is 0 Å². The maximum absolute atomic E-state index is 6.01. The number of hydrogen-bond acceptors (Lipinski definition) is 3. The Kier molecular flexibility index (Phi) is 7.15. The van der Waals surface area contributed by atoms with Crippen LogP contribution < -0.4 is 5.73 Å². The second-order valence-electron chi connectivity index (χ2n) is 4.72. The average molecular weight is 203 g/mol. The minimum absolute atomic E-state index is 0.201. The maximum Gasteiger partial charge on any atom is 0.0700 e. The van der Waals surface area contributed by atoms with Gasteiger partial charge in [-0.3, -0.25) is 0 Å². The molecule has 0 saturated heterocycles. The molecule has 0 heterocycles. The first-order valence-electron chi connectivity index (χ1n) is 5.30. The molecule has 2 N–H and O–H groups in total. The molecule has 3 heteroatoms. The number of methoxy groups -OCH3 is 1. The van der Waals surface area contributed by atoms with Crippen LogP contribution in [-0.2, 0) is 9.47 Å². The molecule has 3 nitrogen and oxygen atoms in total. The van der Waals surface area contributed by atoms with Crippen molar-refractivity contribution < 1.29 is 9.47 Å². The Bertz CT molecular complexity index is 132. The first-order valence-corrected chi connectivity index (χ1v) is 5.30. The van der Waals surface area contributed by atoms with Crippen LogP contribution in [0.4, 0.5) is 0 Å². The average Bonchev–Trinajstić information content (AvgIpc) is 2.09. The molecular formula is C11H25NO2. The first-order chi connectivity index (χ1) is 6.48. The highest BCUT2D eigenvalue weighted by Crippen LogP contribution is 2.20. The summed E-state index contributed by atoms with van der Waals surface area (Å²) in [5.41, 5.74) is 6.21. The SMILES string of the molecule is COCCOCCCC(N)C(C)(C)C. The summed E-state index contributed by atoms with van der Waals surface area (Å²) in [6, 6.07) is 0.258. The van der Waals surface area contributed by atoms with Crippen molar-refractivity contribution in [3.8, 4) is 0 Å². The Balaban J connectivity index is 3.28. The highest BCUT2D eigenvalue weighted by Gasteiger charge is 2.19. The molecule has 0 aromatic carbocycles. The van der Waals surface area contributed by atoms with Crippen molar-refractivity contribution in [2.75, 3.05) is 26.9 Å². The van der Waals surface area contributed by atoms with Gasteiger partial charge in [-0.2, -0.15) is 0 Å². The number of rotatable bonds is 7. The third kappa shape index (κ3) is 7.30. The van der Waals surface area contributed by atoms with E-state index in [1.807, 2.05) is 0 Å². The van der Waals surface area contributed by atoms with Crippen molar-refractivity contribution in [3.05, 3.63) is 0 Å². The molecule has 0 aromatic heterocycles. The molecule has 0 fully saturated rings. The van der Waals surface area contributed by atoms with Crippen LogP contribution in [0.2, 0.25) is 0 Å². The van der Waals surface area contributed by atoms with Gasteiger partial charge in [0, 0.05) is 19.8 Å². The van der Waals surface area contributed by atoms with Crippen molar-refractivity contribution in [2.24, 2.45) is 11.1 Å². The minimum Gasteiger partial charge on any atom is -0.382 e. The molecule has 0 radical (unpaired) electrons. The van der Waals surface area contributed by atoms with Gasteiger partial charge in [-0.05, 0) is 18.3 Å². The van der Waals surface area contributed by atoms with Crippen LogP contribution >= 0.6 is 0 Å². The van der Waals surface area contributed by atoms with Crippen LogP contribution in [0.15, 0.2) is 0 Å². The van der Waals surface area contributed by atoms with Gasteiger partial charge in [-0.25, -0.2) is 0 Å². The summed E-state index contributed by atoms with van der Waals surface area (Å²) in [5, 5.41) is 0. The number of nitrogens with two attached hydrogens (primary N) is 1. The molecule has 0 aliphatic carbocycles. The molecule has 0 spiro atoms. The fourth-order valence-electron chi connectivity index (χ4n) is 1.08. The molecule has 0 bridgehead atoms. The van der Waals surface area contributed by atoms with Crippen molar-refractivity contribution in [1.82, 2.24) is 0 Å². The zero-order chi connectivity index (χ0) is 11.0. The standard InChI is InChI=1S/C11H25NO2/c1-11(2,3)10(12)6-5-7-14-9-8-13-4/h10H,5-9,12H2,1-4H3. The number of hydrogen-bond donors (Lipinski definition) is 1. The molecule has 86 valence electrons. The second kappa shape index (κ2) is 7.21. The van der Waals surface area contributed by atoms with Crippen molar-refractivity contribution in [2.45, 2.75) is 39.7 Å². The minimum atomic E-state index is 0.201. The van der Waals surface area contributed by atoms with E-state index in [0.29, 0.717) is 13.2 Å². The van der Waals surface area contributed by atoms with E-state index in [1.54, 1.807) is 7.11 Å². The number of ether oxygens (including phenoxy) is 2. The van der Waals surface area contributed by atoms with Crippen LogP contribution in [0.1, 0.15) is 33.6 Å². The first kappa shape index (κ1) is 13.9. The lowest BCUT2D eigenvalue weighted by Gasteiger charge is -2.26. The molecule has 0 saturated carbocycles. The van der Waals surface area contributed by atoms with Crippen LogP contribution in [-0.4, -0.2) is 33.0 Å². The van der Waals surface area contributed by atoms with Gasteiger partial charge in [-0.15, -0.1) is 0 Å². The Hall–Kier alpha value is -0.120. The quantitative estimate of drug-likeness (QED) is 0.642. The molecule has 1 atom stereocenters. The second-order valence-corrected chi connectivity index (χ2v) is 4.72. The summed E-state index contributed by atoms with van der Waals surface area (Å²) < 4.78 is 10.2. The van der Waals surface area contributed by atoms with E-state index in [-0.39, 0.29) is 11.5 Å². The monoisotopic (exact) mass is 203 g/mol. The molecule has 14 heavy (non-hydrogen) atoms. The molecule has 0 aliphatic heterocycles. The predicted molar refractivity (Wildman–Crippen MR) is 59.4 cm³/mol. The summed E-state index contributed by atoms with van der Waals surface area (Å²) in [7, 11) is 1.68. The Morgan fingerprint density at radius 1 is 1.14 bits per heavy atom. The topological polar surface area (TPSA) is 44.5 Å².